The molecule has 1 N–H and O–H groups in total. The number of aryl methyl sites for hydroxylation is 1. The summed E-state index contributed by atoms with van der Waals surface area (Å²) < 4.78 is 5.32. The molecule has 86 valence electrons. The largest absolute Gasteiger partial charge is 0.355 e. The van der Waals surface area contributed by atoms with E-state index >= 15 is 0 Å². The lowest BCUT2D eigenvalue weighted by atomic mass is 10.2. The lowest BCUT2D eigenvalue weighted by molar-refractivity contribution is 0.432. The SMILES string of the molecule is CCCNCc1cnoc1-c1ccc(C)s1. The second-order valence-electron chi connectivity index (χ2n) is 3.77. The van der Waals surface area contributed by atoms with Crippen LogP contribution in [0.4, 0.5) is 0 Å². The number of thiophene rings is 1. The van der Waals surface area contributed by atoms with E-state index in [1.807, 2.05) is 0 Å². The Kier molecular flexibility index (Phi) is 3.74. The van der Waals surface area contributed by atoms with E-state index in [0.29, 0.717) is 0 Å². The van der Waals surface area contributed by atoms with Gasteiger partial charge in [0.25, 0.3) is 0 Å². The maximum Gasteiger partial charge on any atom is 0.181 e. The van der Waals surface area contributed by atoms with Crippen LogP contribution in [-0.2, 0) is 6.54 Å². The molecule has 4 heteroatoms. The summed E-state index contributed by atoms with van der Waals surface area (Å²) in [7, 11) is 0. The molecule has 0 saturated heterocycles. The average Bonchev–Trinajstić information content (AvgIpc) is 2.87. The molecule has 2 rings (SSSR count). The fourth-order valence-corrected chi connectivity index (χ4v) is 2.43. The van der Waals surface area contributed by atoms with E-state index in [1.165, 1.54) is 4.88 Å². The van der Waals surface area contributed by atoms with Crippen molar-refractivity contribution in [2.24, 2.45) is 0 Å². The Bertz CT molecular complexity index is 447. The van der Waals surface area contributed by atoms with Crippen molar-refractivity contribution in [1.82, 2.24) is 10.5 Å². The normalized spacial score (nSPS) is 10.9. The topological polar surface area (TPSA) is 38.1 Å². The number of hydrogen-bond acceptors (Lipinski definition) is 4. The predicted molar refractivity (Wildman–Crippen MR) is 66.6 cm³/mol. The van der Waals surface area contributed by atoms with Crippen molar-refractivity contribution in [3.63, 3.8) is 0 Å². The Hall–Kier alpha value is -1.13. The molecule has 0 aliphatic carbocycles. The zero-order valence-corrected chi connectivity index (χ0v) is 10.4. The van der Waals surface area contributed by atoms with Gasteiger partial charge in [0.1, 0.15) is 0 Å². The monoisotopic (exact) mass is 236 g/mol. The van der Waals surface area contributed by atoms with Crippen LogP contribution in [0.5, 0.6) is 0 Å². The van der Waals surface area contributed by atoms with Gasteiger partial charge in [0, 0.05) is 17.0 Å². The van der Waals surface area contributed by atoms with Crippen molar-refractivity contribution in [2.45, 2.75) is 26.8 Å². The molecule has 0 saturated carbocycles. The van der Waals surface area contributed by atoms with E-state index in [-0.39, 0.29) is 0 Å². The first-order valence-corrected chi connectivity index (χ1v) is 6.34. The van der Waals surface area contributed by atoms with Gasteiger partial charge < -0.3 is 9.84 Å². The zero-order valence-electron chi connectivity index (χ0n) is 9.62. The molecule has 3 nitrogen and oxygen atoms in total. The van der Waals surface area contributed by atoms with Crippen LogP contribution in [0.25, 0.3) is 10.6 Å². The third-order valence-electron chi connectivity index (χ3n) is 2.35. The molecule has 0 bridgehead atoms. The van der Waals surface area contributed by atoms with Gasteiger partial charge in [0.2, 0.25) is 0 Å². The lowest BCUT2D eigenvalue weighted by Gasteiger charge is -2.00. The van der Waals surface area contributed by atoms with Crippen LogP contribution in [0.1, 0.15) is 23.8 Å². The first-order valence-electron chi connectivity index (χ1n) is 5.52. The molecule has 2 aromatic rings. The third-order valence-corrected chi connectivity index (χ3v) is 3.35. The smallest absolute Gasteiger partial charge is 0.181 e. The van der Waals surface area contributed by atoms with Crippen molar-refractivity contribution >= 4 is 11.3 Å². The van der Waals surface area contributed by atoms with Crippen molar-refractivity contribution in [3.8, 4) is 10.6 Å². The summed E-state index contributed by atoms with van der Waals surface area (Å²) in [4.78, 5) is 2.45. The van der Waals surface area contributed by atoms with E-state index in [0.717, 1.165) is 35.7 Å². The molecule has 0 aliphatic rings. The summed E-state index contributed by atoms with van der Waals surface area (Å²) in [5.41, 5.74) is 1.13. The molecule has 0 amide bonds. The van der Waals surface area contributed by atoms with Gasteiger partial charge in [-0.15, -0.1) is 11.3 Å². The Morgan fingerprint density at radius 3 is 3.00 bits per heavy atom. The molecule has 0 fully saturated rings. The predicted octanol–water partition coefficient (Wildman–Crippen LogP) is 3.21. The number of aromatic nitrogens is 1. The van der Waals surface area contributed by atoms with Gasteiger partial charge in [0.05, 0.1) is 11.1 Å². The molecule has 2 heterocycles. The van der Waals surface area contributed by atoms with E-state index in [4.69, 9.17) is 4.52 Å². The molecule has 16 heavy (non-hydrogen) atoms. The van der Waals surface area contributed by atoms with Gasteiger partial charge in [0.15, 0.2) is 5.76 Å². The van der Waals surface area contributed by atoms with Crippen LogP contribution in [-0.4, -0.2) is 11.7 Å². The number of rotatable bonds is 5. The standard InChI is InChI=1S/C12H16N2OS/c1-3-6-13-7-10-8-14-15-12(10)11-5-4-9(2)16-11/h4-5,8,13H,3,6-7H2,1-2H3. The van der Waals surface area contributed by atoms with Gasteiger partial charge in [-0.2, -0.15) is 0 Å². The van der Waals surface area contributed by atoms with Crippen molar-refractivity contribution in [3.05, 3.63) is 28.8 Å². The summed E-state index contributed by atoms with van der Waals surface area (Å²) in [6.07, 6.45) is 2.94. The molecular formula is C12H16N2OS. The van der Waals surface area contributed by atoms with E-state index < -0.39 is 0 Å². The average molecular weight is 236 g/mol. The highest BCUT2D eigenvalue weighted by Crippen LogP contribution is 2.30. The minimum atomic E-state index is 0.823. The van der Waals surface area contributed by atoms with Crippen molar-refractivity contribution < 1.29 is 4.52 Å². The van der Waals surface area contributed by atoms with Crippen LogP contribution in [0.2, 0.25) is 0 Å². The highest BCUT2D eigenvalue weighted by Gasteiger charge is 2.11. The van der Waals surface area contributed by atoms with Crippen LogP contribution >= 0.6 is 11.3 Å². The molecule has 2 aromatic heterocycles. The van der Waals surface area contributed by atoms with Gasteiger partial charge >= 0.3 is 0 Å². The zero-order chi connectivity index (χ0) is 11.4. The second kappa shape index (κ2) is 5.27. The molecule has 0 radical (unpaired) electrons. The fourth-order valence-electron chi connectivity index (χ4n) is 1.55. The minimum Gasteiger partial charge on any atom is -0.355 e. The van der Waals surface area contributed by atoms with E-state index in [1.54, 1.807) is 17.5 Å². The quantitative estimate of drug-likeness (QED) is 0.810. The number of nitrogens with one attached hydrogen (secondary N) is 1. The van der Waals surface area contributed by atoms with Crippen LogP contribution in [0.15, 0.2) is 22.9 Å². The number of hydrogen-bond donors (Lipinski definition) is 1. The Balaban J connectivity index is 2.12. The Morgan fingerprint density at radius 2 is 2.31 bits per heavy atom. The summed E-state index contributed by atoms with van der Waals surface area (Å²) in [6, 6.07) is 4.19. The first kappa shape index (κ1) is 11.4. The van der Waals surface area contributed by atoms with Crippen molar-refractivity contribution in [1.29, 1.82) is 0 Å². The molecular weight excluding hydrogens is 220 g/mol. The Labute approximate surface area is 99.5 Å². The second-order valence-corrected chi connectivity index (χ2v) is 5.06. The van der Waals surface area contributed by atoms with Crippen LogP contribution in [0, 0.1) is 6.92 Å². The summed E-state index contributed by atoms with van der Waals surface area (Å²) in [5, 5.41) is 7.24. The maximum absolute atomic E-state index is 5.32. The third kappa shape index (κ3) is 2.51. The van der Waals surface area contributed by atoms with Crippen LogP contribution in [0.3, 0.4) is 0 Å². The molecule has 0 atom stereocenters. The van der Waals surface area contributed by atoms with E-state index in [9.17, 15) is 0 Å². The molecule has 0 unspecified atom stereocenters. The summed E-state index contributed by atoms with van der Waals surface area (Å²) in [6.45, 7) is 6.10. The Morgan fingerprint density at radius 1 is 1.44 bits per heavy atom. The van der Waals surface area contributed by atoms with Gasteiger partial charge in [-0.1, -0.05) is 12.1 Å². The van der Waals surface area contributed by atoms with Crippen molar-refractivity contribution in [2.75, 3.05) is 6.54 Å². The minimum absolute atomic E-state index is 0.823. The number of nitrogens with zero attached hydrogens (tertiary/aromatic N) is 1. The molecule has 0 aliphatic heterocycles. The highest BCUT2D eigenvalue weighted by molar-refractivity contribution is 7.15. The van der Waals surface area contributed by atoms with Gasteiger partial charge in [-0.3, -0.25) is 0 Å². The molecule has 0 aromatic carbocycles. The first-order chi connectivity index (χ1) is 7.81. The highest BCUT2D eigenvalue weighted by atomic mass is 32.1. The van der Waals surface area contributed by atoms with Gasteiger partial charge in [-0.05, 0) is 32.0 Å². The fraction of sp³-hybridized carbons (Fsp3) is 0.417. The summed E-state index contributed by atoms with van der Waals surface area (Å²) in [5.74, 6) is 0.904. The van der Waals surface area contributed by atoms with Crippen LogP contribution < -0.4 is 5.32 Å². The lowest BCUT2D eigenvalue weighted by Crippen LogP contribution is -2.13. The summed E-state index contributed by atoms with van der Waals surface area (Å²) >= 11 is 1.74. The maximum atomic E-state index is 5.32. The van der Waals surface area contributed by atoms with Gasteiger partial charge in [-0.25, -0.2) is 0 Å². The molecule has 0 spiro atoms. The van der Waals surface area contributed by atoms with E-state index in [2.05, 4.69) is 36.5 Å².